The van der Waals surface area contributed by atoms with Crippen LogP contribution in [0.2, 0.25) is 0 Å². The maximum Gasteiger partial charge on any atom is 0.0154 e. The molecule has 2 aliphatic rings. The molecule has 0 radical (unpaired) electrons. The largest absolute Gasteiger partial charge is 0.304 e. The number of likely N-dealkylation sites (N-methyl/N-ethyl adjacent to an activating group) is 1. The van der Waals surface area contributed by atoms with E-state index in [9.17, 15) is 0 Å². The zero-order valence-electron chi connectivity index (χ0n) is 17.4. The number of rotatable bonds is 5. The minimum atomic E-state index is 0.318. The van der Waals surface area contributed by atoms with Crippen molar-refractivity contribution in [3.63, 3.8) is 0 Å². The monoisotopic (exact) mass is 338 g/mol. The maximum atomic E-state index is 2.71. The molecule has 0 aromatic carbocycles. The number of hydrogen-bond donors (Lipinski definition) is 0. The zero-order chi connectivity index (χ0) is 18.0. The zero-order valence-corrected chi connectivity index (χ0v) is 17.4. The molecular formula is C20H42N4. The van der Waals surface area contributed by atoms with Crippen molar-refractivity contribution in [2.24, 2.45) is 0 Å². The Morgan fingerprint density at radius 2 is 1.25 bits per heavy atom. The second-order valence-electron chi connectivity index (χ2n) is 9.68. The summed E-state index contributed by atoms with van der Waals surface area (Å²) in [6, 6.07) is 0.707. The fourth-order valence-electron chi connectivity index (χ4n) is 4.15. The first kappa shape index (κ1) is 20.2. The van der Waals surface area contributed by atoms with Gasteiger partial charge in [0.1, 0.15) is 0 Å². The Morgan fingerprint density at radius 3 is 1.75 bits per heavy atom. The predicted molar refractivity (Wildman–Crippen MR) is 105 cm³/mol. The maximum absolute atomic E-state index is 2.71. The summed E-state index contributed by atoms with van der Waals surface area (Å²) in [7, 11) is 2.24. The standard InChI is InChI=1S/C20H42N4/c1-18(22-12-16-23(17-13-22)19(2,3)4)8-9-20(5,6)24-14-10-21(7)11-15-24/h18H,8-17H2,1-7H3. The van der Waals surface area contributed by atoms with Gasteiger partial charge in [-0.3, -0.25) is 14.7 Å². The van der Waals surface area contributed by atoms with Crippen LogP contribution in [0.15, 0.2) is 0 Å². The van der Waals surface area contributed by atoms with E-state index >= 15 is 0 Å². The second-order valence-corrected chi connectivity index (χ2v) is 9.68. The van der Waals surface area contributed by atoms with Gasteiger partial charge < -0.3 is 4.90 Å². The lowest BCUT2D eigenvalue weighted by Crippen LogP contribution is -2.56. The lowest BCUT2D eigenvalue weighted by molar-refractivity contribution is 0.0293. The van der Waals surface area contributed by atoms with Gasteiger partial charge in [-0.25, -0.2) is 0 Å². The van der Waals surface area contributed by atoms with Crippen LogP contribution < -0.4 is 0 Å². The minimum Gasteiger partial charge on any atom is -0.304 e. The van der Waals surface area contributed by atoms with Crippen LogP contribution in [0.4, 0.5) is 0 Å². The summed E-state index contributed by atoms with van der Waals surface area (Å²) >= 11 is 0. The molecule has 2 aliphatic heterocycles. The average molecular weight is 339 g/mol. The molecule has 142 valence electrons. The minimum absolute atomic E-state index is 0.318. The summed E-state index contributed by atoms with van der Waals surface area (Å²) < 4.78 is 0. The van der Waals surface area contributed by atoms with Crippen molar-refractivity contribution in [1.82, 2.24) is 19.6 Å². The van der Waals surface area contributed by atoms with Crippen molar-refractivity contribution in [2.75, 3.05) is 59.4 Å². The normalized spacial score (nSPS) is 25.1. The van der Waals surface area contributed by atoms with E-state index in [0.717, 1.165) is 0 Å². The number of piperazine rings is 2. The van der Waals surface area contributed by atoms with Gasteiger partial charge in [0.15, 0.2) is 0 Å². The summed E-state index contributed by atoms with van der Waals surface area (Å²) in [5, 5.41) is 0. The van der Waals surface area contributed by atoms with Crippen molar-refractivity contribution in [3.05, 3.63) is 0 Å². The second kappa shape index (κ2) is 8.03. The first-order valence-corrected chi connectivity index (χ1v) is 10.0. The highest BCUT2D eigenvalue weighted by Crippen LogP contribution is 2.25. The van der Waals surface area contributed by atoms with Crippen molar-refractivity contribution < 1.29 is 0 Å². The fourth-order valence-corrected chi connectivity index (χ4v) is 4.15. The highest BCUT2D eigenvalue weighted by atomic mass is 15.3. The molecule has 2 rings (SSSR count). The topological polar surface area (TPSA) is 13.0 Å². The Hall–Kier alpha value is -0.160. The van der Waals surface area contributed by atoms with E-state index < -0.39 is 0 Å². The molecule has 0 spiro atoms. The van der Waals surface area contributed by atoms with Gasteiger partial charge in [-0.1, -0.05) is 0 Å². The number of hydrogen-bond acceptors (Lipinski definition) is 4. The molecule has 2 fully saturated rings. The van der Waals surface area contributed by atoms with Crippen LogP contribution in [0.5, 0.6) is 0 Å². The van der Waals surface area contributed by atoms with Gasteiger partial charge in [0.2, 0.25) is 0 Å². The molecule has 1 atom stereocenters. The van der Waals surface area contributed by atoms with E-state index in [0.29, 0.717) is 17.1 Å². The van der Waals surface area contributed by atoms with Gasteiger partial charge in [0.25, 0.3) is 0 Å². The van der Waals surface area contributed by atoms with Crippen LogP contribution in [0.3, 0.4) is 0 Å². The third-order valence-corrected chi connectivity index (χ3v) is 6.42. The van der Waals surface area contributed by atoms with E-state index in [4.69, 9.17) is 0 Å². The SMILES string of the molecule is CC(CCC(C)(C)N1CCN(C)CC1)N1CCN(C(C)(C)C)CC1. The van der Waals surface area contributed by atoms with Crippen molar-refractivity contribution in [2.45, 2.75) is 71.5 Å². The molecule has 0 saturated carbocycles. The molecule has 0 amide bonds. The highest BCUT2D eigenvalue weighted by Gasteiger charge is 2.31. The molecule has 2 saturated heterocycles. The van der Waals surface area contributed by atoms with Crippen molar-refractivity contribution in [3.8, 4) is 0 Å². The van der Waals surface area contributed by atoms with E-state index in [1.807, 2.05) is 0 Å². The number of nitrogens with zero attached hydrogens (tertiary/aromatic N) is 4. The molecule has 1 unspecified atom stereocenters. The molecule has 0 N–H and O–H groups in total. The lowest BCUT2D eigenvalue weighted by Gasteiger charge is -2.46. The molecular weight excluding hydrogens is 296 g/mol. The van der Waals surface area contributed by atoms with Gasteiger partial charge in [-0.05, 0) is 61.4 Å². The van der Waals surface area contributed by atoms with Gasteiger partial charge in [0, 0.05) is 69.5 Å². The van der Waals surface area contributed by atoms with E-state index in [-0.39, 0.29) is 0 Å². The van der Waals surface area contributed by atoms with Gasteiger partial charge >= 0.3 is 0 Å². The Labute approximate surface area is 151 Å². The Kier molecular flexibility index (Phi) is 6.74. The van der Waals surface area contributed by atoms with Crippen LogP contribution >= 0.6 is 0 Å². The van der Waals surface area contributed by atoms with Gasteiger partial charge in [0.05, 0.1) is 0 Å². The Balaban J connectivity index is 1.75. The first-order chi connectivity index (χ1) is 11.1. The summed E-state index contributed by atoms with van der Waals surface area (Å²) in [5.41, 5.74) is 0.654. The van der Waals surface area contributed by atoms with E-state index in [1.54, 1.807) is 0 Å². The summed E-state index contributed by atoms with van der Waals surface area (Å²) in [6.45, 7) is 24.1. The molecule has 0 bridgehead atoms. The summed E-state index contributed by atoms with van der Waals surface area (Å²) in [4.78, 5) is 10.5. The fraction of sp³-hybridized carbons (Fsp3) is 1.00. The van der Waals surface area contributed by atoms with E-state index in [2.05, 4.69) is 68.2 Å². The highest BCUT2D eigenvalue weighted by molar-refractivity contribution is 4.88. The molecule has 2 heterocycles. The van der Waals surface area contributed by atoms with Gasteiger partial charge in [-0.15, -0.1) is 0 Å². The smallest absolute Gasteiger partial charge is 0.0154 e. The first-order valence-electron chi connectivity index (χ1n) is 10.0. The molecule has 0 aliphatic carbocycles. The van der Waals surface area contributed by atoms with Crippen LogP contribution in [0, 0.1) is 0 Å². The lowest BCUT2D eigenvalue weighted by atomic mass is 9.92. The summed E-state index contributed by atoms with van der Waals surface area (Å²) in [6.07, 6.45) is 2.62. The quantitative estimate of drug-likeness (QED) is 0.764. The van der Waals surface area contributed by atoms with Crippen LogP contribution in [0.1, 0.15) is 54.4 Å². The Morgan fingerprint density at radius 1 is 0.750 bits per heavy atom. The summed E-state index contributed by atoms with van der Waals surface area (Å²) in [5.74, 6) is 0. The molecule has 24 heavy (non-hydrogen) atoms. The van der Waals surface area contributed by atoms with E-state index in [1.165, 1.54) is 65.2 Å². The van der Waals surface area contributed by atoms with Crippen LogP contribution in [-0.2, 0) is 0 Å². The third-order valence-electron chi connectivity index (χ3n) is 6.42. The Bertz CT molecular complexity index is 372. The average Bonchev–Trinajstić information content (AvgIpc) is 2.52. The molecule has 4 heteroatoms. The van der Waals surface area contributed by atoms with Crippen LogP contribution in [0.25, 0.3) is 0 Å². The molecule has 0 aromatic heterocycles. The molecule has 4 nitrogen and oxygen atoms in total. The van der Waals surface area contributed by atoms with Gasteiger partial charge in [-0.2, -0.15) is 0 Å². The predicted octanol–water partition coefficient (Wildman–Crippen LogP) is 2.60. The van der Waals surface area contributed by atoms with Crippen molar-refractivity contribution >= 4 is 0 Å². The van der Waals surface area contributed by atoms with Crippen molar-refractivity contribution in [1.29, 1.82) is 0 Å². The molecule has 0 aromatic rings. The van der Waals surface area contributed by atoms with Crippen LogP contribution in [-0.4, -0.2) is 96.1 Å². The third kappa shape index (κ3) is 5.42.